The number of phenolic OH excluding ortho intramolecular Hbond substituents is 1. The lowest BCUT2D eigenvalue weighted by molar-refractivity contribution is 0.339. The van der Waals surface area contributed by atoms with Crippen molar-refractivity contribution in [2.24, 2.45) is 4.99 Å². The van der Waals surface area contributed by atoms with Crippen molar-refractivity contribution < 1.29 is 14.6 Å². The number of methoxy groups -OCH3 is 2. The smallest absolute Gasteiger partial charge is 0.200 e. The van der Waals surface area contributed by atoms with Crippen LogP contribution in [-0.4, -0.2) is 44.3 Å². The van der Waals surface area contributed by atoms with Crippen LogP contribution in [0.5, 0.6) is 17.2 Å². The summed E-state index contributed by atoms with van der Waals surface area (Å²) in [6.45, 7) is 1.25. The molecule has 0 saturated carbocycles. The van der Waals surface area contributed by atoms with Gasteiger partial charge in [0.05, 0.1) is 14.2 Å². The lowest BCUT2D eigenvalue weighted by atomic mass is 10.2. The Hall–Kier alpha value is -1.68. The fraction of sp³-hybridized carbons (Fsp3) is 0.316. The van der Waals surface area contributed by atoms with Crippen molar-refractivity contribution in [3.05, 3.63) is 52.0 Å². The van der Waals surface area contributed by atoms with Gasteiger partial charge in [-0.25, -0.2) is 0 Å². The lowest BCUT2D eigenvalue weighted by Gasteiger charge is -2.22. The largest absolute Gasteiger partial charge is 0.502 e. The molecule has 27 heavy (non-hydrogen) atoms. The normalized spacial score (nSPS) is 10.8. The van der Waals surface area contributed by atoms with Crippen molar-refractivity contribution >= 4 is 45.9 Å². The first-order chi connectivity index (χ1) is 12.5. The topological polar surface area (TPSA) is 66.3 Å². The number of guanidine groups is 1. The molecule has 0 heterocycles. The minimum atomic E-state index is -0.00418. The van der Waals surface area contributed by atoms with E-state index < -0.39 is 0 Å². The molecule has 0 aliphatic rings. The molecular formula is C19H25BrIN3O3. The Kier molecular flexibility index (Phi) is 9.71. The van der Waals surface area contributed by atoms with Crippen molar-refractivity contribution in [3.63, 3.8) is 0 Å². The van der Waals surface area contributed by atoms with Crippen molar-refractivity contribution in [2.45, 2.75) is 13.1 Å². The number of halogens is 2. The highest BCUT2D eigenvalue weighted by molar-refractivity contribution is 14.0. The minimum Gasteiger partial charge on any atom is -0.502 e. The molecule has 2 aromatic rings. The van der Waals surface area contributed by atoms with Crippen LogP contribution in [0.25, 0.3) is 0 Å². The molecule has 0 unspecified atom stereocenters. The van der Waals surface area contributed by atoms with Crippen LogP contribution in [0.4, 0.5) is 0 Å². The Bertz CT molecular complexity index is 744. The number of aromatic hydroxyl groups is 1. The summed E-state index contributed by atoms with van der Waals surface area (Å²) >= 11 is 3.45. The summed E-state index contributed by atoms with van der Waals surface area (Å²) in [5.41, 5.74) is 2.10. The Balaban J connectivity index is 0.00000364. The van der Waals surface area contributed by atoms with E-state index in [1.807, 2.05) is 24.1 Å². The molecule has 0 saturated heterocycles. The van der Waals surface area contributed by atoms with E-state index in [2.05, 4.69) is 38.4 Å². The summed E-state index contributed by atoms with van der Waals surface area (Å²) < 4.78 is 11.4. The van der Waals surface area contributed by atoms with Crippen LogP contribution in [0.3, 0.4) is 0 Å². The number of nitrogens with zero attached hydrogens (tertiary/aromatic N) is 2. The first-order valence-electron chi connectivity index (χ1n) is 8.08. The van der Waals surface area contributed by atoms with E-state index in [0.717, 1.165) is 22.5 Å². The summed E-state index contributed by atoms with van der Waals surface area (Å²) in [5.74, 6) is 1.51. The highest BCUT2D eigenvalue weighted by Gasteiger charge is 2.12. The number of benzene rings is 2. The second-order valence-electron chi connectivity index (χ2n) is 5.73. The maximum Gasteiger partial charge on any atom is 0.200 e. The van der Waals surface area contributed by atoms with Crippen LogP contribution in [0.1, 0.15) is 11.1 Å². The van der Waals surface area contributed by atoms with Gasteiger partial charge in [-0.2, -0.15) is 0 Å². The molecular weight excluding hydrogens is 525 g/mol. The third kappa shape index (κ3) is 6.46. The Morgan fingerprint density at radius 1 is 1.11 bits per heavy atom. The van der Waals surface area contributed by atoms with Crippen LogP contribution < -0.4 is 14.8 Å². The molecule has 148 valence electrons. The summed E-state index contributed by atoms with van der Waals surface area (Å²) in [4.78, 5) is 6.37. The quantitative estimate of drug-likeness (QED) is 0.324. The van der Waals surface area contributed by atoms with Crippen molar-refractivity contribution in [1.82, 2.24) is 10.2 Å². The fourth-order valence-electron chi connectivity index (χ4n) is 2.55. The molecule has 2 aromatic carbocycles. The van der Waals surface area contributed by atoms with Gasteiger partial charge in [-0.3, -0.25) is 4.99 Å². The number of aliphatic imine (C=N–C) groups is 1. The van der Waals surface area contributed by atoms with Gasteiger partial charge in [0.15, 0.2) is 17.5 Å². The van der Waals surface area contributed by atoms with E-state index in [4.69, 9.17) is 9.47 Å². The summed E-state index contributed by atoms with van der Waals surface area (Å²) in [5, 5.41) is 13.3. The molecule has 8 heteroatoms. The van der Waals surface area contributed by atoms with E-state index in [-0.39, 0.29) is 29.7 Å². The predicted molar refractivity (Wildman–Crippen MR) is 122 cm³/mol. The third-order valence-corrected chi connectivity index (χ3v) is 4.43. The molecule has 0 spiro atoms. The first-order valence-corrected chi connectivity index (χ1v) is 8.87. The van der Waals surface area contributed by atoms with E-state index >= 15 is 0 Å². The molecule has 0 amide bonds. The van der Waals surface area contributed by atoms with Crippen LogP contribution in [0.15, 0.2) is 45.9 Å². The van der Waals surface area contributed by atoms with Gasteiger partial charge in [0.2, 0.25) is 5.75 Å². The molecule has 0 bridgehead atoms. The van der Waals surface area contributed by atoms with Gasteiger partial charge in [0.1, 0.15) is 0 Å². The van der Waals surface area contributed by atoms with E-state index in [0.29, 0.717) is 18.0 Å². The van der Waals surface area contributed by atoms with Crippen molar-refractivity contribution in [1.29, 1.82) is 0 Å². The highest BCUT2D eigenvalue weighted by atomic mass is 127. The Morgan fingerprint density at radius 2 is 1.67 bits per heavy atom. The number of hydrogen-bond acceptors (Lipinski definition) is 4. The number of hydrogen-bond donors (Lipinski definition) is 2. The zero-order valence-electron chi connectivity index (χ0n) is 15.8. The average molecular weight is 550 g/mol. The maximum atomic E-state index is 10.0. The second kappa shape index (κ2) is 11.2. The van der Waals surface area contributed by atoms with Crippen LogP contribution >= 0.6 is 39.9 Å². The molecule has 0 radical (unpaired) electrons. The summed E-state index contributed by atoms with van der Waals surface area (Å²) in [6.07, 6.45) is 0. The number of ether oxygens (including phenoxy) is 2. The Labute approximate surface area is 185 Å². The van der Waals surface area contributed by atoms with Gasteiger partial charge in [-0.1, -0.05) is 28.1 Å². The number of nitrogens with one attached hydrogen (secondary N) is 1. The molecule has 0 aliphatic carbocycles. The van der Waals surface area contributed by atoms with Crippen LogP contribution in [-0.2, 0) is 13.1 Å². The molecule has 0 aliphatic heterocycles. The van der Waals surface area contributed by atoms with Gasteiger partial charge in [-0.05, 0) is 35.4 Å². The number of rotatable bonds is 6. The molecule has 2 rings (SSSR count). The monoisotopic (exact) mass is 549 g/mol. The third-order valence-electron chi connectivity index (χ3n) is 3.90. The van der Waals surface area contributed by atoms with E-state index in [1.165, 1.54) is 19.8 Å². The predicted octanol–water partition coefficient (Wildman–Crippen LogP) is 4.00. The van der Waals surface area contributed by atoms with Gasteiger partial charge in [0, 0.05) is 31.7 Å². The van der Waals surface area contributed by atoms with Crippen LogP contribution in [0.2, 0.25) is 0 Å². The van der Waals surface area contributed by atoms with Crippen molar-refractivity contribution in [2.75, 3.05) is 28.3 Å². The standard InChI is InChI=1S/C19H24BrN3O3.HI/c1-21-19(23(2)12-13-5-7-15(20)8-6-13)22-11-14-9-16(25-3)18(24)17(10-14)26-4;/h5-10,24H,11-12H2,1-4H3,(H,21,22);1H. The van der Waals surface area contributed by atoms with E-state index in [1.54, 1.807) is 19.2 Å². The zero-order valence-corrected chi connectivity index (χ0v) is 19.7. The summed E-state index contributed by atoms with van der Waals surface area (Å²) in [7, 11) is 6.75. The summed E-state index contributed by atoms with van der Waals surface area (Å²) in [6, 6.07) is 11.7. The highest BCUT2D eigenvalue weighted by Crippen LogP contribution is 2.37. The SMILES string of the molecule is CN=C(NCc1cc(OC)c(O)c(OC)c1)N(C)Cc1ccc(Br)cc1.I. The van der Waals surface area contributed by atoms with Gasteiger partial charge in [-0.15, -0.1) is 24.0 Å². The zero-order chi connectivity index (χ0) is 19.1. The van der Waals surface area contributed by atoms with Gasteiger partial charge < -0.3 is 24.8 Å². The molecule has 6 nitrogen and oxygen atoms in total. The maximum absolute atomic E-state index is 10.0. The molecule has 0 fully saturated rings. The fourth-order valence-corrected chi connectivity index (χ4v) is 2.82. The molecule has 0 atom stereocenters. The van der Waals surface area contributed by atoms with Crippen molar-refractivity contribution in [3.8, 4) is 17.2 Å². The van der Waals surface area contributed by atoms with Crippen LogP contribution in [0, 0.1) is 0 Å². The minimum absolute atomic E-state index is 0. The number of phenols is 1. The Morgan fingerprint density at radius 3 is 2.15 bits per heavy atom. The average Bonchev–Trinajstić information content (AvgIpc) is 2.65. The first kappa shape index (κ1) is 23.4. The lowest BCUT2D eigenvalue weighted by Crippen LogP contribution is -2.38. The molecule has 0 aromatic heterocycles. The van der Waals surface area contributed by atoms with Gasteiger partial charge in [0.25, 0.3) is 0 Å². The van der Waals surface area contributed by atoms with Gasteiger partial charge >= 0.3 is 0 Å². The second-order valence-corrected chi connectivity index (χ2v) is 6.65. The van der Waals surface area contributed by atoms with E-state index in [9.17, 15) is 5.11 Å². The molecule has 2 N–H and O–H groups in total.